The molecule has 2 N–H and O–H groups in total. The van der Waals surface area contributed by atoms with Gasteiger partial charge < -0.3 is 15.2 Å². The number of carbonyl (C=O) groups excluding carboxylic acids is 1. The minimum Gasteiger partial charge on any atom is -0.368 e. The highest BCUT2D eigenvalue weighted by Crippen LogP contribution is 2.43. The molecule has 2 fully saturated rings. The summed E-state index contributed by atoms with van der Waals surface area (Å²) in [5.41, 5.74) is 8.32. The smallest absolute Gasteiger partial charge is 0.253 e. The Morgan fingerprint density at radius 1 is 1.17 bits per heavy atom. The number of carbonyl (C=O) groups is 1. The standard InChI is InChI=1S/C18H20ClN3O2/c19-15-9-13(3-4-14(15)11-1-2-11)18(23)22-7-5-12(6-8-22)16-10-17(20)24-21-16/h3-4,9-12H,1-2,5-8,20H2. The highest BCUT2D eigenvalue weighted by Gasteiger charge is 2.28. The SMILES string of the molecule is Nc1cc(C2CCN(C(=O)c3ccc(C4CC4)c(Cl)c3)CC2)no1. The van der Waals surface area contributed by atoms with Gasteiger partial charge in [0, 0.05) is 35.7 Å². The van der Waals surface area contributed by atoms with Crippen LogP contribution in [0, 0.1) is 0 Å². The average Bonchev–Trinajstić information content (AvgIpc) is 3.35. The van der Waals surface area contributed by atoms with E-state index in [0.29, 0.717) is 36.4 Å². The van der Waals surface area contributed by atoms with Crippen molar-refractivity contribution in [2.24, 2.45) is 0 Å². The van der Waals surface area contributed by atoms with E-state index in [2.05, 4.69) is 5.16 Å². The summed E-state index contributed by atoms with van der Waals surface area (Å²) in [5.74, 6) is 1.29. The van der Waals surface area contributed by atoms with E-state index in [1.807, 2.05) is 23.1 Å². The van der Waals surface area contributed by atoms with Crippen LogP contribution in [-0.4, -0.2) is 29.1 Å². The van der Waals surface area contributed by atoms with Crippen LogP contribution in [0.5, 0.6) is 0 Å². The van der Waals surface area contributed by atoms with Gasteiger partial charge in [0.05, 0.1) is 5.69 Å². The van der Waals surface area contributed by atoms with Gasteiger partial charge in [0.2, 0.25) is 5.88 Å². The van der Waals surface area contributed by atoms with Crippen LogP contribution in [0.15, 0.2) is 28.8 Å². The van der Waals surface area contributed by atoms with Gasteiger partial charge in [0.25, 0.3) is 5.91 Å². The van der Waals surface area contributed by atoms with Gasteiger partial charge in [0.1, 0.15) is 0 Å². The summed E-state index contributed by atoms with van der Waals surface area (Å²) in [6, 6.07) is 7.52. The van der Waals surface area contributed by atoms with E-state index in [4.69, 9.17) is 21.9 Å². The third-order valence-corrected chi connectivity index (χ3v) is 5.34. The molecule has 4 rings (SSSR count). The van der Waals surface area contributed by atoms with E-state index in [-0.39, 0.29) is 5.91 Å². The fourth-order valence-corrected chi connectivity index (χ4v) is 3.78. The molecule has 2 aromatic rings. The fraction of sp³-hybridized carbons (Fsp3) is 0.444. The zero-order valence-corrected chi connectivity index (χ0v) is 14.1. The zero-order chi connectivity index (χ0) is 16.7. The minimum atomic E-state index is 0.0531. The second-order valence-corrected chi connectivity index (χ2v) is 7.14. The molecule has 6 heteroatoms. The van der Waals surface area contributed by atoms with Crippen LogP contribution in [0.1, 0.15) is 59.1 Å². The van der Waals surface area contributed by atoms with Gasteiger partial charge in [-0.2, -0.15) is 0 Å². The maximum atomic E-state index is 12.7. The van der Waals surface area contributed by atoms with Crippen molar-refractivity contribution in [3.8, 4) is 0 Å². The molecule has 2 aliphatic rings. The minimum absolute atomic E-state index is 0.0531. The summed E-state index contributed by atoms with van der Waals surface area (Å²) >= 11 is 6.35. The lowest BCUT2D eigenvalue weighted by atomic mass is 9.93. The summed E-state index contributed by atoms with van der Waals surface area (Å²) < 4.78 is 4.94. The molecule has 1 aliphatic carbocycles. The molecule has 0 bridgehead atoms. The van der Waals surface area contributed by atoms with E-state index in [0.717, 1.165) is 23.6 Å². The molecule has 0 atom stereocenters. The van der Waals surface area contributed by atoms with Crippen molar-refractivity contribution in [2.45, 2.75) is 37.5 Å². The average molecular weight is 346 g/mol. The van der Waals surface area contributed by atoms with Crippen molar-refractivity contribution < 1.29 is 9.32 Å². The van der Waals surface area contributed by atoms with Crippen LogP contribution in [0.25, 0.3) is 0 Å². The number of halogens is 1. The second-order valence-electron chi connectivity index (χ2n) is 6.73. The third kappa shape index (κ3) is 3.00. The first kappa shape index (κ1) is 15.5. The molecule has 0 unspecified atom stereocenters. The predicted molar refractivity (Wildman–Crippen MR) is 92.2 cm³/mol. The van der Waals surface area contributed by atoms with E-state index in [9.17, 15) is 4.79 Å². The number of hydrogen-bond acceptors (Lipinski definition) is 4. The first-order valence-electron chi connectivity index (χ1n) is 8.42. The van der Waals surface area contributed by atoms with Gasteiger partial charge in [-0.3, -0.25) is 4.79 Å². The summed E-state index contributed by atoms with van der Waals surface area (Å²) in [6.45, 7) is 1.41. The molecule has 1 amide bonds. The molecule has 1 saturated carbocycles. The molecule has 1 saturated heterocycles. The summed E-state index contributed by atoms with van der Waals surface area (Å²) in [5, 5.41) is 4.71. The summed E-state index contributed by atoms with van der Waals surface area (Å²) in [7, 11) is 0. The van der Waals surface area contributed by atoms with Gasteiger partial charge in [-0.25, -0.2) is 0 Å². The quantitative estimate of drug-likeness (QED) is 0.918. The molecule has 1 aromatic heterocycles. The summed E-state index contributed by atoms with van der Waals surface area (Å²) in [6.07, 6.45) is 4.14. The lowest BCUT2D eigenvalue weighted by Crippen LogP contribution is -2.38. The lowest BCUT2D eigenvalue weighted by molar-refractivity contribution is 0.0711. The molecule has 0 spiro atoms. The Morgan fingerprint density at radius 2 is 1.92 bits per heavy atom. The topological polar surface area (TPSA) is 72.4 Å². The van der Waals surface area contributed by atoms with Crippen molar-refractivity contribution in [1.82, 2.24) is 10.1 Å². The van der Waals surface area contributed by atoms with Crippen molar-refractivity contribution in [3.05, 3.63) is 46.1 Å². The number of nitrogens with two attached hydrogens (primary N) is 1. The van der Waals surface area contributed by atoms with Crippen molar-refractivity contribution in [3.63, 3.8) is 0 Å². The Hall–Kier alpha value is -2.01. The van der Waals surface area contributed by atoms with Crippen molar-refractivity contribution in [1.29, 1.82) is 0 Å². The Kier molecular flexibility index (Phi) is 3.96. The Balaban J connectivity index is 1.41. The number of likely N-dealkylation sites (tertiary alicyclic amines) is 1. The molecule has 5 nitrogen and oxygen atoms in total. The number of aromatic nitrogens is 1. The predicted octanol–water partition coefficient (Wildman–Crippen LogP) is 3.81. The van der Waals surface area contributed by atoms with Crippen LogP contribution < -0.4 is 5.73 Å². The van der Waals surface area contributed by atoms with Gasteiger partial charge in [0.15, 0.2) is 0 Å². The van der Waals surface area contributed by atoms with Crippen molar-refractivity contribution in [2.75, 3.05) is 18.8 Å². The Bertz CT molecular complexity index is 761. The van der Waals surface area contributed by atoms with Gasteiger partial charge in [-0.1, -0.05) is 22.8 Å². The number of nitrogens with zero attached hydrogens (tertiary/aromatic N) is 2. The van der Waals surface area contributed by atoms with E-state index in [1.165, 1.54) is 18.4 Å². The van der Waals surface area contributed by atoms with Gasteiger partial charge in [-0.05, 0) is 49.3 Å². The zero-order valence-electron chi connectivity index (χ0n) is 13.4. The first-order valence-corrected chi connectivity index (χ1v) is 8.80. The van der Waals surface area contributed by atoms with E-state index >= 15 is 0 Å². The molecular formula is C18H20ClN3O2. The van der Waals surface area contributed by atoms with E-state index < -0.39 is 0 Å². The highest BCUT2D eigenvalue weighted by molar-refractivity contribution is 6.31. The van der Waals surface area contributed by atoms with E-state index in [1.54, 1.807) is 6.07 Å². The molecule has 126 valence electrons. The molecule has 24 heavy (non-hydrogen) atoms. The van der Waals surface area contributed by atoms with Crippen LogP contribution >= 0.6 is 11.6 Å². The fourth-order valence-electron chi connectivity index (χ4n) is 3.44. The number of hydrogen-bond donors (Lipinski definition) is 1. The van der Waals surface area contributed by atoms with Crippen molar-refractivity contribution >= 4 is 23.4 Å². The highest BCUT2D eigenvalue weighted by atomic mass is 35.5. The molecule has 0 radical (unpaired) electrons. The van der Waals surface area contributed by atoms with Crippen LogP contribution in [0.4, 0.5) is 5.88 Å². The number of anilines is 1. The third-order valence-electron chi connectivity index (χ3n) is 5.01. The number of benzene rings is 1. The molecule has 1 aromatic carbocycles. The largest absolute Gasteiger partial charge is 0.368 e. The normalized spacial score (nSPS) is 18.8. The van der Waals surface area contributed by atoms with Crippen LogP contribution in [0.3, 0.4) is 0 Å². The number of piperidine rings is 1. The van der Waals surface area contributed by atoms with Crippen LogP contribution in [-0.2, 0) is 0 Å². The monoisotopic (exact) mass is 345 g/mol. The number of nitrogen functional groups attached to an aromatic ring is 1. The molecule has 2 heterocycles. The van der Waals surface area contributed by atoms with Gasteiger partial charge >= 0.3 is 0 Å². The Labute approximate surface area is 145 Å². The lowest BCUT2D eigenvalue weighted by Gasteiger charge is -2.31. The maximum Gasteiger partial charge on any atom is 0.253 e. The first-order chi connectivity index (χ1) is 11.6. The molecular weight excluding hydrogens is 326 g/mol. The second kappa shape index (κ2) is 6.13. The number of rotatable bonds is 3. The molecule has 1 aliphatic heterocycles. The summed E-state index contributed by atoms with van der Waals surface area (Å²) in [4.78, 5) is 14.6. The Morgan fingerprint density at radius 3 is 2.50 bits per heavy atom. The van der Waals surface area contributed by atoms with Crippen LogP contribution in [0.2, 0.25) is 5.02 Å². The maximum absolute atomic E-state index is 12.7. The van der Waals surface area contributed by atoms with Gasteiger partial charge in [-0.15, -0.1) is 0 Å². The number of amides is 1.